The number of hydrogen-bond donors (Lipinski definition) is 1. The van der Waals surface area contributed by atoms with Gasteiger partial charge in [-0.15, -0.1) is 0 Å². The molecule has 2 rings (SSSR count). The number of pyridine rings is 1. The van der Waals surface area contributed by atoms with Crippen molar-refractivity contribution in [2.45, 2.75) is 20.8 Å². The predicted octanol–water partition coefficient (Wildman–Crippen LogP) is 3.32. The molecule has 1 heterocycles. The molecule has 0 bridgehead atoms. The highest BCUT2D eigenvalue weighted by atomic mass is 16.5. The Kier molecular flexibility index (Phi) is 7.10. The molecular formula is C24H26N2O2. The predicted molar refractivity (Wildman–Crippen MR) is 116 cm³/mol. The Morgan fingerprint density at radius 1 is 1.25 bits per heavy atom. The highest BCUT2D eigenvalue weighted by Gasteiger charge is 2.09. The van der Waals surface area contributed by atoms with Gasteiger partial charge in [-0.25, -0.2) is 4.79 Å². The van der Waals surface area contributed by atoms with Gasteiger partial charge in [0, 0.05) is 5.69 Å². The largest absolute Gasteiger partial charge is 0.465 e. The number of allylic oxidation sites excluding steroid dienone is 2. The number of hydrogen-bond acceptors (Lipinski definition) is 4. The van der Waals surface area contributed by atoms with Crippen molar-refractivity contribution >= 4 is 29.9 Å². The van der Waals surface area contributed by atoms with E-state index < -0.39 is 0 Å². The molecule has 1 aromatic heterocycles. The van der Waals surface area contributed by atoms with Crippen molar-refractivity contribution in [2.24, 2.45) is 0 Å². The van der Waals surface area contributed by atoms with E-state index in [1.807, 2.05) is 50.2 Å². The van der Waals surface area contributed by atoms with Crippen LogP contribution in [0.15, 0.2) is 60.8 Å². The molecule has 4 nitrogen and oxygen atoms in total. The van der Waals surface area contributed by atoms with Crippen molar-refractivity contribution in [1.29, 1.82) is 0 Å². The second kappa shape index (κ2) is 9.51. The first-order valence-corrected chi connectivity index (χ1v) is 8.99. The van der Waals surface area contributed by atoms with Gasteiger partial charge in [0.05, 0.1) is 24.1 Å². The van der Waals surface area contributed by atoms with E-state index in [1.165, 1.54) is 7.11 Å². The van der Waals surface area contributed by atoms with Gasteiger partial charge in [0.1, 0.15) is 0 Å². The van der Waals surface area contributed by atoms with E-state index in [0.29, 0.717) is 5.57 Å². The van der Waals surface area contributed by atoms with E-state index in [4.69, 9.17) is 4.74 Å². The molecule has 0 aliphatic rings. The second-order valence-corrected chi connectivity index (χ2v) is 6.31. The summed E-state index contributed by atoms with van der Waals surface area (Å²) >= 11 is 0. The quantitative estimate of drug-likeness (QED) is 0.623. The topological polar surface area (TPSA) is 51.2 Å². The summed E-state index contributed by atoms with van der Waals surface area (Å²) < 4.78 is 4.83. The number of aromatic nitrogens is 1. The number of esters is 1. The highest BCUT2D eigenvalue weighted by Crippen LogP contribution is 2.22. The summed E-state index contributed by atoms with van der Waals surface area (Å²) in [5, 5.41) is 4.89. The van der Waals surface area contributed by atoms with Crippen molar-refractivity contribution in [1.82, 2.24) is 10.3 Å². The summed E-state index contributed by atoms with van der Waals surface area (Å²) in [4.78, 5) is 16.5. The molecule has 0 unspecified atom stereocenters. The second-order valence-electron chi connectivity index (χ2n) is 6.31. The fourth-order valence-electron chi connectivity index (χ4n) is 2.81. The van der Waals surface area contributed by atoms with Gasteiger partial charge in [-0.2, -0.15) is 0 Å². The molecule has 0 radical (unpaired) electrons. The molecule has 0 amide bonds. The number of carbonyl (C=O) groups excluding carboxylic acids is 1. The highest BCUT2D eigenvalue weighted by molar-refractivity contribution is 5.97. The Labute approximate surface area is 166 Å². The number of nitrogens with zero attached hydrogens (tertiary/aromatic N) is 1. The molecule has 1 N–H and O–H groups in total. The van der Waals surface area contributed by atoms with Crippen molar-refractivity contribution in [2.75, 3.05) is 7.11 Å². The Bertz CT molecular complexity index is 1060. The van der Waals surface area contributed by atoms with Crippen LogP contribution < -0.4 is 15.8 Å². The maximum absolute atomic E-state index is 11.9. The summed E-state index contributed by atoms with van der Waals surface area (Å²) in [5.41, 5.74) is 5.13. The number of ether oxygens (including phenoxy) is 1. The first-order valence-electron chi connectivity index (χ1n) is 8.99. The monoisotopic (exact) mass is 374 g/mol. The molecule has 0 aliphatic heterocycles. The Morgan fingerprint density at radius 2 is 2.00 bits per heavy atom. The number of aryl methyl sites for hydroxylation is 1. The zero-order valence-electron chi connectivity index (χ0n) is 16.9. The third-order valence-corrected chi connectivity index (χ3v) is 4.39. The average Bonchev–Trinajstić information content (AvgIpc) is 2.70. The molecule has 0 saturated heterocycles. The van der Waals surface area contributed by atoms with Crippen molar-refractivity contribution in [3.8, 4) is 0 Å². The van der Waals surface area contributed by atoms with Crippen LogP contribution in [0.1, 0.15) is 30.8 Å². The smallest absolute Gasteiger partial charge is 0.337 e. The number of benzene rings is 1. The zero-order valence-corrected chi connectivity index (χ0v) is 16.9. The van der Waals surface area contributed by atoms with Crippen molar-refractivity contribution < 1.29 is 9.53 Å². The van der Waals surface area contributed by atoms with Crippen molar-refractivity contribution in [3.05, 3.63) is 88.2 Å². The van der Waals surface area contributed by atoms with E-state index in [1.54, 1.807) is 25.3 Å². The van der Waals surface area contributed by atoms with E-state index in [9.17, 15) is 4.79 Å². The lowest BCUT2D eigenvalue weighted by Crippen LogP contribution is -2.24. The molecule has 0 atom stereocenters. The van der Waals surface area contributed by atoms with Gasteiger partial charge in [-0.05, 0) is 72.8 Å². The fourth-order valence-corrected chi connectivity index (χ4v) is 2.81. The minimum Gasteiger partial charge on any atom is -0.465 e. The summed E-state index contributed by atoms with van der Waals surface area (Å²) in [6.45, 7) is 13.6. The van der Waals surface area contributed by atoms with Gasteiger partial charge < -0.3 is 10.1 Å². The number of nitrogens with one attached hydrogen (secondary N) is 1. The fraction of sp³-hybridized carbons (Fsp3) is 0.167. The minimum atomic E-state index is -0.377. The maximum Gasteiger partial charge on any atom is 0.337 e. The summed E-state index contributed by atoms with van der Waals surface area (Å²) in [6, 6.07) is 11.8. The molecule has 0 aliphatic carbocycles. The first kappa shape index (κ1) is 20.9. The molecular weight excluding hydrogens is 348 g/mol. The van der Waals surface area contributed by atoms with E-state index in [0.717, 1.165) is 38.7 Å². The third-order valence-electron chi connectivity index (χ3n) is 4.39. The lowest BCUT2D eigenvalue weighted by Gasteiger charge is -2.13. The molecule has 4 heteroatoms. The van der Waals surface area contributed by atoms with Crippen LogP contribution >= 0.6 is 0 Å². The molecule has 0 spiro atoms. The van der Waals surface area contributed by atoms with Crippen LogP contribution in [0.3, 0.4) is 0 Å². The van der Waals surface area contributed by atoms with Gasteiger partial charge >= 0.3 is 5.97 Å². The number of carbonyl (C=O) groups is 1. The minimum absolute atomic E-state index is 0.377. The molecule has 28 heavy (non-hydrogen) atoms. The standard InChI is InChI=1S/C24H26N2O2/c1-7-19(24(27)28-6)14-21-15-20(13-12-16(21)3)18(5)23(25-8-2)22-11-9-10-17(4)26-22/h7-15,25H,2-3H2,1,4-6H3/b19-7+,21-14-,23-18+. The van der Waals surface area contributed by atoms with E-state index in [2.05, 4.69) is 23.5 Å². The van der Waals surface area contributed by atoms with Crippen LogP contribution in [0, 0.1) is 6.92 Å². The Morgan fingerprint density at radius 3 is 2.61 bits per heavy atom. The van der Waals surface area contributed by atoms with Crippen LogP contribution in [0.5, 0.6) is 0 Å². The van der Waals surface area contributed by atoms with Gasteiger partial charge in [0.15, 0.2) is 0 Å². The molecule has 1 aromatic carbocycles. The van der Waals surface area contributed by atoms with Crippen LogP contribution in [0.25, 0.3) is 23.9 Å². The lowest BCUT2D eigenvalue weighted by molar-refractivity contribution is -0.135. The number of methoxy groups -OCH3 is 1. The lowest BCUT2D eigenvalue weighted by atomic mass is 10.0. The maximum atomic E-state index is 11.9. The van der Waals surface area contributed by atoms with Gasteiger partial charge in [-0.3, -0.25) is 4.98 Å². The molecule has 0 fully saturated rings. The van der Waals surface area contributed by atoms with Gasteiger partial charge in [0.2, 0.25) is 0 Å². The van der Waals surface area contributed by atoms with Crippen LogP contribution in [-0.2, 0) is 9.53 Å². The van der Waals surface area contributed by atoms with Crippen molar-refractivity contribution in [3.63, 3.8) is 0 Å². The average molecular weight is 374 g/mol. The molecule has 144 valence electrons. The molecule has 2 aromatic rings. The summed E-state index contributed by atoms with van der Waals surface area (Å²) in [7, 11) is 1.37. The summed E-state index contributed by atoms with van der Waals surface area (Å²) in [5.74, 6) is -0.377. The third kappa shape index (κ3) is 4.86. The Balaban J connectivity index is 2.66. The van der Waals surface area contributed by atoms with Crippen LogP contribution in [-0.4, -0.2) is 18.1 Å². The van der Waals surface area contributed by atoms with Gasteiger partial charge in [0.25, 0.3) is 0 Å². The Hall–Kier alpha value is -3.40. The van der Waals surface area contributed by atoms with E-state index in [-0.39, 0.29) is 5.97 Å². The summed E-state index contributed by atoms with van der Waals surface area (Å²) in [6.07, 6.45) is 5.15. The van der Waals surface area contributed by atoms with Crippen LogP contribution in [0.2, 0.25) is 0 Å². The number of rotatable bonds is 6. The normalized spacial score (nSPS) is 13.0. The zero-order chi connectivity index (χ0) is 20.7. The molecule has 0 saturated carbocycles. The van der Waals surface area contributed by atoms with Crippen LogP contribution in [0.4, 0.5) is 0 Å². The van der Waals surface area contributed by atoms with Gasteiger partial charge in [-0.1, -0.05) is 37.4 Å². The first-order chi connectivity index (χ1) is 13.4. The van der Waals surface area contributed by atoms with E-state index >= 15 is 0 Å². The SMILES string of the molecule is C=CN/C(=C(\C)c1ccc(=C)/c(=C\C(=C/C)C(=O)OC)c1)c1cccc(C)n1.